The summed E-state index contributed by atoms with van der Waals surface area (Å²) >= 11 is 0. The SMILES string of the molecule is CC(NC(=O)c1cccc2c1OCCN2)(C(=O)O)C1CC1. The number of nitrogens with one attached hydrogen (secondary N) is 2. The Labute approximate surface area is 122 Å². The molecule has 1 aliphatic heterocycles. The van der Waals surface area contributed by atoms with Gasteiger partial charge in [-0.1, -0.05) is 6.07 Å². The molecule has 21 heavy (non-hydrogen) atoms. The van der Waals surface area contributed by atoms with E-state index in [2.05, 4.69) is 10.6 Å². The Hall–Kier alpha value is -2.24. The number of ether oxygens (including phenoxy) is 1. The fraction of sp³-hybridized carbons (Fsp3) is 0.467. The number of fused-ring (bicyclic) bond motifs is 1. The summed E-state index contributed by atoms with van der Waals surface area (Å²) in [7, 11) is 0. The van der Waals surface area contributed by atoms with Gasteiger partial charge in [0.2, 0.25) is 0 Å². The van der Waals surface area contributed by atoms with E-state index in [-0.39, 0.29) is 5.92 Å². The summed E-state index contributed by atoms with van der Waals surface area (Å²) in [6, 6.07) is 5.24. The van der Waals surface area contributed by atoms with Crippen LogP contribution in [0.5, 0.6) is 5.75 Å². The van der Waals surface area contributed by atoms with Crippen LogP contribution in [0.4, 0.5) is 5.69 Å². The van der Waals surface area contributed by atoms with Crippen LogP contribution in [0.2, 0.25) is 0 Å². The van der Waals surface area contributed by atoms with E-state index in [1.807, 2.05) is 6.07 Å². The molecule has 112 valence electrons. The Balaban J connectivity index is 1.87. The van der Waals surface area contributed by atoms with Crippen LogP contribution >= 0.6 is 0 Å². The lowest BCUT2D eigenvalue weighted by atomic mass is 9.95. The van der Waals surface area contributed by atoms with Gasteiger partial charge in [-0.05, 0) is 37.8 Å². The summed E-state index contributed by atoms with van der Waals surface area (Å²) in [5.74, 6) is -0.920. The molecule has 0 bridgehead atoms. The summed E-state index contributed by atoms with van der Waals surface area (Å²) in [5.41, 5.74) is -0.0905. The van der Waals surface area contributed by atoms with Gasteiger partial charge >= 0.3 is 5.97 Å². The third-order valence-electron chi connectivity index (χ3n) is 4.13. The van der Waals surface area contributed by atoms with Gasteiger partial charge in [0.05, 0.1) is 11.3 Å². The van der Waals surface area contributed by atoms with Crippen molar-refractivity contribution in [1.82, 2.24) is 5.32 Å². The number of carboxylic acid groups (broad SMARTS) is 1. The standard InChI is InChI=1S/C15H18N2O4/c1-15(14(19)20,9-5-6-9)17-13(18)10-3-2-4-11-12(10)21-8-7-16-11/h2-4,9,16H,5-8H2,1H3,(H,17,18)(H,19,20). The van der Waals surface area contributed by atoms with Crippen molar-refractivity contribution in [3.05, 3.63) is 23.8 Å². The summed E-state index contributed by atoms with van der Waals surface area (Å²) in [5, 5.41) is 15.3. The van der Waals surface area contributed by atoms with Gasteiger partial charge in [-0.15, -0.1) is 0 Å². The average molecular weight is 290 g/mol. The van der Waals surface area contributed by atoms with E-state index in [1.165, 1.54) is 0 Å². The quantitative estimate of drug-likeness (QED) is 0.781. The highest BCUT2D eigenvalue weighted by molar-refractivity contribution is 6.01. The van der Waals surface area contributed by atoms with Gasteiger partial charge in [0.1, 0.15) is 12.1 Å². The molecule has 1 aromatic carbocycles. The summed E-state index contributed by atoms with van der Waals surface area (Å²) in [6.45, 7) is 2.74. The van der Waals surface area contributed by atoms with Gasteiger partial charge < -0.3 is 20.5 Å². The number of carboxylic acids is 1. The van der Waals surface area contributed by atoms with Gasteiger partial charge in [-0.25, -0.2) is 4.79 Å². The molecule has 1 aliphatic carbocycles. The largest absolute Gasteiger partial charge is 0.489 e. The minimum absolute atomic E-state index is 0.00229. The Bertz CT molecular complexity index is 597. The molecule has 1 aromatic rings. The molecule has 1 fully saturated rings. The molecule has 1 amide bonds. The topological polar surface area (TPSA) is 87.7 Å². The Morgan fingerprint density at radius 3 is 2.86 bits per heavy atom. The van der Waals surface area contributed by atoms with E-state index in [0.717, 1.165) is 18.5 Å². The number of aliphatic carboxylic acids is 1. The lowest BCUT2D eigenvalue weighted by molar-refractivity contribution is -0.144. The van der Waals surface area contributed by atoms with E-state index in [9.17, 15) is 14.7 Å². The fourth-order valence-electron chi connectivity index (χ4n) is 2.64. The zero-order valence-electron chi connectivity index (χ0n) is 11.8. The molecule has 1 heterocycles. The number of carbonyl (C=O) groups is 2. The van der Waals surface area contributed by atoms with E-state index < -0.39 is 17.4 Å². The lowest BCUT2D eigenvalue weighted by Gasteiger charge is -2.27. The number of amides is 1. The first-order valence-corrected chi connectivity index (χ1v) is 7.08. The summed E-state index contributed by atoms with van der Waals surface area (Å²) in [6.07, 6.45) is 1.65. The molecule has 6 nitrogen and oxygen atoms in total. The minimum Gasteiger partial charge on any atom is -0.489 e. The highest BCUT2D eigenvalue weighted by Crippen LogP contribution is 2.40. The molecule has 3 N–H and O–H groups in total. The first-order chi connectivity index (χ1) is 10.0. The second kappa shape index (κ2) is 4.95. The van der Waals surface area contributed by atoms with Crippen molar-refractivity contribution in [2.45, 2.75) is 25.3 Å². The van der Waals surface area contributed by atoms with Crippen molar-refractivity contribution < 1.29 is 19.4 Å². The molecule has 2 aliphatic rings. The van der Waals surface area contributed by atoms with E-state index >= 15 is 0 Å². The van der Waals surface area contributed by atoms with Crippen molar-refractivity contribution in [3.63, 3.8) is 0 Å². The first-order valence-electron chi connectivity index (χ1n) is 7.08. The number of anilines is 1. The van der Waals surface area contributed by atoms with Crippen LogP contribution < -0.4 is 15.4 Å². The number of hydrogen-bond acceptors (Lipinski definition) is 4. The molecule has 0 spiro atoms. The van der Waals surface area contributed by atoms with Crippen LogP contribution in [-0.2, 0) is 4.79 Å². The molecule has 1 atom stereocenters. The normalized spacial score (nSPS) is 19.5. The molecule has 0 saturated heterocycles. The molecule has 6 heteroatoms. The van der Waals surface area contributed by atoms with Crippen LogP contribution in [0.15, 0.2) is 18.2 Å². The number of rotatable bonds is 4. The molecular formula is C15H18N2O4. The predicted molar refractivity (Wildman–Crippen MR) is 76.7 cm³/mol. The number of benzene rings is 1. The van der Waals surface area contributed by atoms with Gasteiger partial charge in [0, 0.05) is 6.54 Å². The third kappa shape index (κ3) is 2.41. The van der Waals surface area contributed by atoms with Gasteiger partial charge in [-0.2, -0.15) is 0 Å². The Morgan fingerprint density at radius 2 is 2.19 bits per heavy atom. The van der Waals surface area contributed by atoms with Crippen molar-refractivity contribution in [1.29, 1.82) is 0 Å². The minimum atomic E-state index is -1.22. The maximum Gasteiger partial charge on any atom is 0.329 e. The first kappa shape index (κ1) is 13.7. The zero-order valence-corrected chi connectivity index (χ0v) is 11.8. The van der Waals surface area contributed by atoms with Crippen molar-refractivity contribution in [2.24, 2.45) is 5.92 Å². The van der Waals surface area contributed by atoms with Crippen LogP contribution in [0.1, 0.15) is 30.1 Å². The van der Waals surface area contributed by atoms with E-state index in [0.29, 0.717) is 24.5 Å². The monoisotopic (exact) mass is 290 g/mol. The van der Waals surface area contributed by atoms with E-state index in [1.54, 1.807) is 19.1 Å². The molecular weight excluding hydrogens is 272 g/mol. The number of hydrogen-bond donors (Lipinski definition) is 3. The van der Waals surface area contributed by atoms with Crippen LogP contribution in [0.25, 0.3) is 0 Å². The van der Waals surface area contributed by atoms with E-state index in [4.69, 9.17) is 4.74 Å². The van der Waals surface area contributed by atoms with Crippen LogP contribution in [0, 0.1) is 5.92 Å². The van der Waals surface area contributed by atoms with Gasteiger partial charge in [-0.3, -0.25) is 4.79 Å². The number of carbonyl (C=O) groups excluding carboxylic acids is 1. The van der Waals surface area contributed by atoms with Crippen molar-refractivity contribution in [2.75, 3.05) is 18.5 Å². The molecule has 1 saturated carbocycles. The smallest absolute Gasteiger partial charge is 0.329 e. The highest BCUT2D eigenvalue weighted by atomic mass is 16.5. The summed E-state index contributed by atoms with van der Waals surface area (Å²) < 4.78 is 5.56. The Kier molecular flexibility index (Phi) is 3.23. The number of para-hydroxylation sites is 1. The van der Waals surface area contributed by atoms with Crippen LogP contribution in [-0.4, -0.2) is 35.7 Å². The Morgan fingerprint density at radius 1 is 1.43 bits per heavy atom. The fourth-order valence-corrected chi connectivity index (χ4v) is 2.64. The van der Waals surface area contributed by atoms with Crippen molar-refractivity contribution >= 4 is 17.6 Å². The molecule has 1 unspecified atom stereocenters. The summed E-state index contributed by atoms with van der Waals surface area (Å²) in [4.78, 5) is 24.0. The molecule has 0 radical (unpaired) electrons. The van der Waals surface area contributed by atoms with Crippen molar-refractivity contribution in [3.8, 4) is 5.75 Å². The molecule has 3 rings (SSSR count). The second-order valence-electron chi connectivity index (χ2n) is 5.69. The maximum absolute atomic E-state index is 12.5. The second-order valence-corrected chi connectivity index (χ2v) is 5.69. The van der Waals surface area contributed by atoms with Crippen LogP contribution in [0.3, 0.4) is 0 Å². The molecule has 0 aromatic heterocycles. The highest BCUT2D eigenvalue weighted by Gasteiger charge is 2.48. The predicted octanol–water partition coefficient (Wildman–Crippen LogP) is 1.47. The van der Waals surface area contributed by atoms with Gasteiger partial charge in [0.25, 0.3) is 5.91 Å². The lowest BCUT2D eigenvalue weighted by Crippen LogP contribution is -2.54. The maximum atomic E-state index is 12.5. The third-order valence-corrected chi connectivity index (χ3v) is 4.13. The van der Waals surface area contributed by atoms with Gasteiger partial charge in [0.15, 0.2) is 5.75 Å². The average Bonchev–Trinajstić information content (AvgIpc) is 3.31. The zero-order chi connectivity index (χ0) is 15.0.